The second-order valence-corrected chi connectivity index (χ2v) is 9.60. The van der Waals surface area contributed by atoms with Gasteiger partial charge in [0.05, 0.1) is 36.8 Å². The topological polar surface area (TPSA) is 64.3 Å². The van der Waals surface area contributed by atoms with Crippen molar-refractivity contribution < 1.29 is 9.53 Å². The van der Waals surface area contributed by atoms with E-state index in [1.54, 1.807) is 7.11 Å². The molecule has 0 spiro atoms. The van der Waals surface area contributed by atoms with Crippen molar-refractivity contribution in [2.24, 2.45) is 0 Å². The van der Waals surface area contributed by atoms with Crippen LogP contribution >= 0.6 is 0 Å². The summed E-state index contributed by atoms with van der Waals surface area (Å²) in [4.78, 5) is 16.0. The lowest BCUT2D eigenvalue weighted by Crippen LogP contribution is -2.41. The van der Waals surface area contributed by atoms with Crippen molar-refractivity contribution in [1.29, 1.82) is 0 Å². The molecular formula is C32H31N5O2. The molecule has 0 bridgehead atoms. The first-order valence-electron chi connectivity index (χ1n) is 13.2. The van der Waals surface area contributed by atoms with Crippen LogP contribution in [-0.2, 0) is 19.5 Å². The lowest BCUT2D eigenvalue weighted by molar-refractivity contribution is 0.180. The van der Waals surface area contributed by atoms with Gasteiger partial charge < -0.3 is 19.5 Å². The molecule has 7 nitrogen and oxygen atoms in total. The number of methoxy groups -OCH3 is 1. The van der Waals surface area contributed by atoms with E-state index in [1.807, 2.05) is 76.3 Å². The number of hydrogen-bond acceptors (Lipinski definition) is 3. The Labute approximate surface area is 228 Å². The van der Waals surface area contributed by atoms with E-state index < -0.39 is 0 Å². The third kappa shape index (κ3) is 4.56. The normalized spacial score (nSPS) is 14.3. The summed E-state index contributed by atoms with van der Waals surface area (Å²) in [6.45, 7) is 2.93. The molecule has 3 aromatic carbocycles. The van der Waals surface area contributed by atoms with Crippen LogP contribution in [0.25, 0.3) is 11.5 Å². The Hall–Kier alpha value is -4.78. The first-order chi connectivity index (χ1) is 19.2. The molecule has 1 aliphatic rings. The monoisotopic (exact) mass is 517 g/mol. The van der Waals surface area contributed by atoms with Gasteiger partial charge in [0.15, 0.2) is 0 Å². The fourth-order valence-corrected chi connectivity index (χ4v) is 5.40. The van der Waals surface area contributed by atoms with E-state index in [0.717, 1.165) is 51.8 Å². The molecule has 7 heteroatoms. The molecule has 6 rings (SSSR count). The highest BCUT2D eigenvalue weighted by Crippen LogP contribution is 2.38. The Kier molecular flexibility index (Phi) is 6.63. The van der Waals surface area contributed by atoms with Gasteiger partial charge in [-0.15, -0.1) is 0 Å². The largest absolute Gasteiger partial charge is 0.497 e. The smallest absolute Gasteiger partial charge is 0.318 e. The van der Waals surface area contributed by atoms with Crippen LogP contribution in [0.2, 0.25) is 0 Å². The summed E-state index contributed by atoms with van der Waals surface area (Å²) in [6, 6.07) is 31.9. The van der Waals surface area contributed by atoms with Gasteiger partial charge >= 0.3 is 6.03 Å². The Balaban J connectivity index is 1.46. The van der Waals surface area contributed by atoms with Crippen LogP contribution in [0.5, 0.6) is 5.75 Å². The van der Waals surface area contributed by atoms with Crippen LogP contribution in [0.4, 0.5) is 4.79 Å². The van der Waals surface area contributed by atoms with Crippen molar-refractivity contribution in [1.82, 2.24) is 24.6 Å². The van der Waals surface area contributed by atoms with Crippen LogP contribution in [0.1, 0.15) is 41.0 Å². The molecule has 2 amide bonds. The molecule has 0 saturated carbocycles. The Bertz CT molecular complexity index is 1590. The minimum atomic E-state index is -0.284. The average Bonchev–Trinajstić information content (AvgIpc) is 3.58. The van der Waals surface area contributed by atoms with E-state index in [-0.39, 0.29) is 12.1 Å². The number of urea groups is 1. The van der Waals surface area contributed by atoms with E-state index in [2.05, 4.69) is 53.3 Å². The van der Waals surface area contributed by atoms with Gasteiger partial charge in [0.25, 0.3) is 0 Å². The molecule has 3 heterocycles. The van der Waals surface area contributed by atoms with Crippen LogP contribution < -0.4 is 10.1 Å². The highest BCUT2D eigenvalue weighted by atomic mass is 16.5. The average molecular weight is 518 g/mol. The summed E-state index contributed by atoms with van der Waals surface area (Å²) < 4.78 is 9.58. The van der Waals surface area contributed by atoms with Gasteiger partial charge in [-0.2, -0.15) is 5.10 Å². The van der Waals surface area contributed by atoms with Gasteiger partial charge in [-0.25, -0.2) is 9.48 Å². The number of carbonyl (C=O) groups is 1. The summed E-state index contributed by atoms with van der Waals surface area (Å²) >= 11 is 0. The number of fused-ring (bicyclic) bond motifs is 3. The standard InChI is InChI=1S/C32H31N5O2/c1-3-28-27-22-36(32(38)33-21-23-12-10-17-26(20-23)39-2)30(24-13-6-4-7-14-24)29-18-11-19-35(29)31(27)37(34-28)25-15-8-5-9-16-25/h4-20,30H,3,21-22H2,1-2H3,(H,33,38). The second-order valence-electron chi connectivity index (χ2n) is 9.60. The number of aromatic nitrogens is 3. The number of ether oxygens (including phenoxy) is 1. The maximum absolute atomic E-state index is 14.0. The minimum Gasteiger partial charge on any atom is -0.497 e. The second kappa shape index (κ2) is 10.5. The number of hydrogen-bond donors (Lipinski definition) is 1. The fourth-order valence-electron chi connectivity index (χ4n) is 5.40. The molecular weight excluding hydrogens is 486 g/mol. The van der Waals surface area contributed by atoms with E-state index in [1.165, 1.54) is 0 Å². The molecule has 196 valence electrons. The highest BCUT2D eigenvalue weighted by Gasteiger charge is 2.36. The summed E-state index contributed by atoms with van der Waals surface area (Å²) in [5, 5.41) is 8.20. The lowest BCUT2D eigenvalue weighted by atomic mass is 10.0. The summed E-state index contributed by atoms with van der Waals surface area (Å²) in [5.74, 6) is 1.74. The van der Waals surface area contributed by atoms with Crippen molar-refractivity contribution in [2.45, 2.75) is 32.5 Å². The van der Waals surface area contributed by atoms with Gasteiger partial charge in [-0.1, -0.05) is 67.6 Å². The molecule has 0 radical (unpaired) electrons. The van der Waals surface area contributed by atoms with Crippen molar-refractivity contribution in [3.63, 3.8) is 0 Å². The number of amides is 2. The van der Waals surface area contributed by atoms with Gasteiger partial charge in [-0.05, 0) is 53.9 Å². The molecule has 0 aliphatic carbocycles. The molecule has 5 aromatic rings. The highest BCUT2D eigenvalue weighted by molar-refractivity contribution is 5.76. The fraction of sp³-hybridized carbons (Fsp3) is 0.188. The molecule has 39 heavy (non-hydrogen) atoms. The SMILES string of the molecule is CCc1nn(-c2ccccc2)c2c1CN(C(=O)NCc1cccc(OC)c1)C(c1ccccc1)c1cccn1-2. The Morgan fingerprint density at radius 3 is 2.49 bits per heavy atom. The molecule has 2 aromatic heterocycles. The predicted molar refractivity (Wildman–Crippen MR) is 151 cm³/mol. The number of nitrogens with one attached hydrogen (secondary N) is 1. The van der Waals surface area contributed by atoms with Gasteiger partial charge in [0, 0.05) is 18.3 Å². The van der Waals surface area contributed by atoms with Gasteiger partial charge in [0.2, 0.25) is 0 Å². The van der Waals surface area contributed by atoms with Crippen molar-refractivity contribution in [3.05, 3.63) is 131 Å². The molecule has 1 aliphatic heterocycles. The molecule has 1 atom stereocenters. The van der Waals surface area contributed by atoms with Crippen LogP contribution in [0.3, 0.4) is 0 Å². The number of carbonyl (C=O) groups excluding carboxylic acids is 1. The number of aryl methyl sites for hydroxylation is 1. The maximum atomic E-state index is 14.0. The summed E-state index contributed by atoms with van der Waals surface area (Å²) in [7, 11) is 1.65. The predicted octanol–water partition coefficient (Wildman–Crippen LogP) is 6.05. The Morgan fingerprint density at radius 2 is 1.74 bits per heavy atom. The number of rotatable bonds is 6. The summed E-state index contributed by atoms with van der Waals surface area (Å²) in [5.41, 5.74) is 6.05. The molecule has 1 N–H and O–H groups in total. The Morgan fingerprint density at radius 1 is 0.974 bits per heavy atom. The minimum absolute atomic E-state index is 0.137. The molecule has 1 unspecified atom stereocenters. The summed E-state index contributed by atoms with van der Waals surface area (Å²) in [6.07, 6.45) is 2.83. The van der Waals surface area contributed by atoms with Crippen LogP contribution in [0, 0.1) is 0 Å². The number of para-hydroxylation sites is 1. The quantitative estimate of drug-likeness (QED) is 0.298. The third-order valence-corrected chi connectivity index (χ3v) is 7.26. The maximum Gasteiger partial charge on any atom is 0.318 e. The first kappa shape index (κ1) is 24.6. The van der Waals surface area contributed by atoms with E-state index in [9.17, 15) is 4.79 Å². The van der Waals surface area contributed by atoms with Gasteiger partial charge in [0.1, 0.15) is 11.6 Å². The van der Waals surface area contributed by atoms with Crippen molar-refractivity contribution in [3.8, 4) is 17.3 Å². The zero-order valence-electron chi connectivity index (χ0n) is 22.1. The lowest BCUT2D eigenvalue weighted by Gasteiger charge is -2.31. The zero-order valence-corrected chi connectivity index (χ0v) is 22.1. The molecule has 0 saturated heterocycles. The van der Waals surface area contributed by atoms with Gasteiger partial charge in [-0.3, -0.25) is 0 Å². The number of benzene rings is 3. The first-order valence-corrected chi connectivity index (χ1v) is 13.2. The van der Waals surface area contributed by atoms with E-state index in [4.69, 9.17) is 9.84 Å². The zero-order chi connectivity index (χ0) is 26.8. The van der Waals surface area contributed by atoms with E-state index in [0.29, 0.717) is 13.1 Å². The van der Waals surface area contributed by atoms with Crippen molar-refractivity contribution >= 4 is 6.03 Å². The third-order valence-electron chi connectivity index (χ3n) is 7.26. The van der Waals surface area contributed by atoms with Crippen LogP contribution in [-0.4, -0.2) is 32.4 Å². The van der Waals surface area contributed by atoms with Crippen LogP contribution in [0.15, 0.2) is 103 Å². The van der Waals surface area contributed by atoms with Crippen molar-refractivity contribution in [2.75, 3.05) is 7.11 Å². The van der Waals surface area contributed by atoms with E-state index >= 15 is 0 Å². The number of nitrogens with zero attached hydrogens (tertiary/aromatic N) is 4. The molecule has 0 fully saturated rings.